The summed E-state index contributed by atoms with van der Waals surface area (Å²) in [6.07, 6.45) is 21.0. The average molecular weight is 463 g/mol. The van der Waals surface area contributed by atoms with Gasteiger partial charge < -0.3 is 13.8 Å². The van der Waals surface area contributed by atoms with Crippen molar-refractivity contribution >= 4 is 13.6 Å². The number of unbranched alkanes of at least 4 members (excludes halogenated alkanes) is 15. The SMILES string of the molecule is CCCCCCCCCCCCCCCCCCOC(=O)C(C)P(=O)(OCC)OCC. The van der Waals surface area contributed by atoms with E-state index >= 15 is 0 Å². The third kappa shape index (κ3) is 16.8. The molecule has 0 aromatic rings. The van der Waals surface area contributed by atoms with Crippen molar-refractivity contribution in [1.82, 2.24) is 0 Å². The van der Waals surface area contributed by atoms with Crippen molar-refractivity contribution < 1.29 is 23.1 Å². The summed E-state index contributed by atoms with van der Waals surface area (Å²) in [4.78, 5) is 12.1. The standard InChI is InChI=1S/C25H51O5P/c1-5-8-9-10-11-12-13-14-15-16-17-18-19-20-21-22-23-28-25(26)24(4)31(27,29-6-2)30-7-3/h24H,5-23H2,1-4H3. The fourth-order valence-electron chi connectivity index (χ4n) is 3.69. The smallest absolute Gasteiger partial charge is 0.344 e. The van der Waals surface area contributed by atoms with E-state index in [9.17, 15) is 9.36 Å². The molecule has 0 rings (SSSR count). The van der Waals surface area contributed by atoms with Gasteiger partial charge in [-0.25, -0.2) is 0 Å². The number of hydrogen-bond acceptors (Lipinski definition) is 5. The molecule has 0 aliphatic rings. The monoisotopic (exact) mass is 462 g/mol. The van der Waals surface area contributed by atoms with Gasteiger partial charge in [-0.2, -0.15) is 0 Å². The zero-order valence-electron chi connectivity index (χ0n) is 21.0. The third-order valence-corrected chi connectivity index (χ3v) is 8.07. The summed E-state index contributed by atoms with van der Waals surface area (Å²) < 4.78 is 28.3. The van der Waals surface area contributed by atoms with Crippen LogP contribution in [0, 0.1) is 0 Å². The molecule has 0 saturated heterocycles. The minimum Gasteiger partial charge on any atom is -0.465 e. The number of carbonyl (C=O) groups is 1. The van der Waals surface area contributed by atoms with Gasteiger partial charge in [0.1, 0.15) is 0 Å². The Bertz CT molecular complexity index is 445. The van der Waals surface area contributed by atoms with Crippen LogP contribution in [0.4, 0.5) is 0 Å². The summed E-state index contributed by atoms with van der Waals surface area (Å²) in [5.74, 6) is -0.494. The second-order valence-corrected chi connectivity index (χ2v) is 10.9. The van der Waals surface area contributed by atoms with Gasteiger partial charge in [0, 0.05) is 0 Å². The first-order valence-electron chi connectivity index (χ1n) is 13.1. The molecule has 0 aromatic heterocycles. The Morgan fingerprint density at radius 2 is 1.00 bits per heavy atom. The van der Waals surface area contributed by atoms with Crippen LogP contribution in [-0.4, -0.2) is 31.4 Å². The fraction of sp³-hybridized carbons (Fsp3) is 0.960. The summed E-state index contributed by atoms with van der Waals surface area (Å²) in [7, 11) is -3.43. The van der Waals surface area contributed by atoms with Crippen molar-refractivity contribution in [2.45, 2.75) is 136 Å². The van der Waals surface area contributed by atoms with Gasteiger partial charge in [0.25, 0.3) is 0 Å². The number of ether oxygens (including phenoxy) is 1. The molecule has 0 saturated carbocycles. The van der Waals surface area contributed by atoms with Gasteiger partial charge in [-0.15, -0.1) is 0 Å². The van der Waals surface area contributed by atoms with Crippen LogP contribution in [0.5, 0.6) is 0 Å². The van der Waals surface area contributed by atoms with Crippen LogP contribution in [0.15, 0.2) is 0 Å². The maximum atomic E-state index is 12.6. The molecule has 0 heterocycles. The predicted molar refractivity (Wildman–Crippen MR) is 131 cm³/mol. The lowest BCUT2D eigenvalue weighted by molar-refractivity contribution is -0.143. The molecular formula is C25H51O5P. The Kier molecular flexibility index (Phi) is 21.2. The fourth-order valence-corrected chi connectivity index (χ4v) is 5.27. The van der Waals surface area contributed by atoms with Crippen LogP contribution >= 0.6 is 7.60 Å². The third-order valence-electron chi connectivity index (χ3n) is 5.68. The Hall–Kier alpha value is -0.380. The highest BCUT2D eigenvalue weighted by Crippen LogP contribution is 2.53. The minimum atomic E-state index is -3.43. The van der Waals surface area contributed by atoms with Crippen LogP contribution in [-0.2, 0) is 23.1 Å². The topological polar surface area (TPSA) is 61.8 Å². The zero-order chi connectivity index (χ0) is 23.2. The molecule has 0 fully saturated rings. The maximum absolute atomic E-state index is 12.6. The van der Waals surface area contributed by atoms with E-state index in [0.717, 1.165) is 12.8 Å². The number of esters is 1. The summed E-state index contributed by atoms with van der Waals surface area (Å²) >= 11 is 0. The number of hydrogen-bond donors (Lipinski definition) is 0. The summed E-state index contributed by atoms with van der Waals surface area (Å²) in [6, 6.07) is 0. The van der Waals surface area contributed by atoms with Gasteiger partial charge in [0.05, 0.1) is 19.8 Å². The van der Waals surface area contributed by atoms with E-state index in [-0.39, 0.29) is 13.2 Å². The molecule has 0 aromatic carbocycles. The van der Waals surface area contributed by atoms with Gasteiger partial charge in [0.15, 0.2) is 5.66 Å². The highest BCUT2D eigenvalue weighted by atomic mass is 31.2. The zero-order valence-corrected chi connectivity index (χ0v) is 21.9. The Morgan fingerprint density at radius 3 is 1.35 bits per heavy atom. The van der Waals surface area contributed by atoms with Gasteiger partial charge in [0.2, 0.25) is 0 Å². The van der Waals surface area contributed by atoms with E-state index in [0.29, 0.717) is 6.61 Å². The lowest BCUT2D eigenvalue weighted by Crippen LogP contribution is -2.23. The molecule has 0 bridgehead atoms. The van der Waals surface area contributed by atoms with Gasteiger partial charge in [-0.05, 0) is 27.2 Å². The molecule has 186 valence electrons. The molecular weight excluding hydrogens is 411 g/mol. The Labute approximate surface area is 192 Å². The van der Waals surface area contributed by atoms with E-state index in [1.165, 1.54) is 89.9 Å². The molecule has 6 heteroatoms. The molecule has 0 radical (unpaired) electrons. The lowest BCUT2D eigenvalue weighted by atomic mass is 10.0. The predicted octanol–water partition coefficient (Wildman–Crippen LogP) is 8.45. The van der Waals surface area contributed by atoms with Crippen molar-refractivity contribution in [3.05, 3.63) is 0 Å². The maximum Gasteiger partial charge on any atom is 0.344 e. The molecule has 0 aliphatic heterocycles. The molecule has 31 heavy (non-hydrogen) atoms. The van der Waals surface area contributed by atoms with Crippen LogP contribution in [0.1, 0.15) is 130 Å². The molecule has 0 aliphatic carbocycles. The van der Waals surface area contributed by atoms with Crippen LogP contribution in [0.25, 0.3) is 0 Å². The van der Waals surface area contributed by atoms with Crippen molar-refractivity contribution in [2.24, 2.45) is 0 Å². The normalized spacial score (nSPS) is 12.8. The van der Waals surface area contributed by atoms with Gasteiger partial charge in [-0.3, -0.25) is 9.36 Å². The van der Waals surface area contributed by atoms with Crippen molar-refractivity contribution in [2.75, 3.05) is 19.8 Å². The second kappa shape index (κ2) is 21.5. The lowest BCUT2D eigenvalue weighted by Gasteiger charge is -2.22. The first kappa shape index (κ1) is 30.6. The van der Waals surface area contributed by atoms with E-state index in [1.807, 2.05) is 0 Å². The molecule has 1 atom stereocenters. The molecule has 5 nitrogen and oxygen atoms in total. The van der Waals surface area contributed by atoms with E-state index in [4.69, 9.17) is 13.8 Å². The van der Waals surface area contributed by atoms with Gasteiger partial charge >= 0.3 is 13.6 Å². The van der Waals surface area contributed by atoms with Crippen LogP contribution in [0.2, 0.25) is 0 Å². The molecule has 0 N–H and O–H groups in total. The second-order valence-electron chi connectivity index (χ2n) is 8.52. The first-order valence-corrected chi connectivity index (χ1v) is 14.7. The largest absolute Gasteiger partial charge is 0.465 e. The summed E-state index contributed by atoms with van der Waals surface area (Å²) in [5, 5.41) is 0. The summed E-state index contributed by atoms with van der Waals surface area (Å²) in [5.41, 5.74) is -0.881. The number of rotatable bonds is 23. The quantitative estimate of drug-likeness (QED) is 0.0866. The van der Waals surface area contributed by atoms with Crippen molar-refractivity contribution in [3.8, 4) is 0 Å². The van der Waals surface area contributed by atoms with E-state index in [2.05, 4.69) is 6.92 Å². The minimum absolute atomic E-state index is 0.244. The molecule has 1 unspecified atom stereocenters. The highest BCUT2D eigenvalue weighted by molar-refractivity contribution is 7.55. The summed E-state index contributed by atoms with van der Waals surface area (Å²) in [6.45, 7) is 8.16. The average Bonchev–Trinajstić information content (AvgIpc) is 2.75. The first-order chi connectivity index (χ1) is 15.0. The van der Waals surface area contributed by atoms with E-state index in [1.54, 1.807) is 20.8 Å². The van der Waals surface area contributed by atoms with Crippen LogP contribution in [0.3, 0.4) is 0 Å². The highest BCUT2D eigenvalue weighted by Gasteiger charge is 2.38. The molecule has 0 spiro atoms. The Balaban J connectivity index is 3.51. The number of carbonyl (C=O) groups excluding carboxylic acids is 1. The van der Waals surface area contributed by atoms with E-state index < -0.39 is 19.2 Å². The van der Waals surface area contributed by atoms with Crippen LogP contribution < -0.4 is 0 Å². The van der Waals surface area contributed by atoms with Crippen molar-refractivity contribution in [1.29, 1.82) is 0 Å². The molecule has 0 amide bonds. The van der Waals surface area contributed by atoms with Gasteiger partial charge in [-0.1, -0.05) is 103 Å². The Morgan fingerprint density at radius 1 is 0.645 bits per heavy atom. The van der Waals surface area contributed by atoms with Crippen molar-refractivity contribution in [3.63, 3.8) is 0 Å².